The molecule has 1 N–H and O–H groups in total. The molecule has 0 radical (unpaired) electrons. The second-order valence-electron chi connectivity index (χ2n) is 3.83. The van der Waals surface area contributed by atoms with Crippen LogP contribution in [-0.2, 0) is 4.79 Å². The van der Waals surface area contributed by atoms with E-state index in [1.54, 1.807) is 12.3 Å². The van der Waals surface area contributed by atoms with Crippen LogP contribution in [0.3, 0.4) is 0 Å². The largest absolute Gasteiger partial charge is 0.310 e. The quantitative estimate of drug-likeness (QED) is 0.846. The van der Waals surface area contributed by atoms with Crippen molar-refractivity contribution in [2.75, 3.05) is 5.32 Å². The van der Waals surface area contributed by atoms with Crippen LogP contribution in [0.1, 0.15) is 19.3 Å². The first-order valence-corrected chi connectivity index (χ1v) is 6.12. The molecule has 16 heavy (non-hydrogen) atoms. The maximum Gasteiger partial charge on any atom is 0.228 e. The van der Waals surface area contributed by atoms with Gasteiger partial charge in [0.05, 0.1) is 0 Å². The molecule has 1 aliphatic carbocycles. The van der Waals surface area contributed by atoms with Gasteiger partial charge >= 0.3 is 0 Å². The standard InChI is InChI=1S/C12H13BrN2O/c13-10-6-7-11(14-8-10)15-12(16)9-4-2-1-3-5-9/h1-2,6-9H,3-5H2,(H,14,15,16)/t9-/m1/s1. The molecule has 1 aromatic rings. The number of rotatable bonds is 2. The predicted molar refractivity (Wildman–Crippen MR) is 67.0 cm³/mol. The maximum atomic E-state index is 11.9. The van der Waals surface area contributed by atoms with Gasteiger partial charge in [0.2, 0.25) is 5.91 Å². The molecule has 2 rings (SSSR count). The number of allylic oxidation sites excluding steroid dienone is 2. The zero-order valence-electron chi connectivity index (χ0n) is 8.82. The molecule has 1 aromatic heterocycles. The molecule has 1 aliphatic rings. The van der Waals surface area contributed by atoms with Crippen LogP contribution in [0, 0.1) is 5.92 Å². The van der Waals surface area contributed by atoms with E-state index in [4.69, 9.17) is 0 Å². The maximum absolute atomic E-state index is 11.9. The van der Waals surface area contributed by atoms with Gasteiger partial charge in [-0.15, -0.1) is 0 Å². The third-order valence-corrected chi connectivity index (χ3v) is 3.09. The zero-order valence-corrected chi connectivity index (χ0v) is 10.4. The number of amides is 1. The molecule has 84 valence electrons. The highest BCUT2D eigenvalue weighted by molar-refractivity contribution is 9.10. The summed E-state index contributed by atoms with van der Waals surface area (Å²) in [4.78, 5) is 16.0. The van der Waals surface area contributed by atoms with Crippen molar-refractivity contribution in [1.29, 1.82) is 0 Å². The van der Waals surface area contributed by atoms with Crippen molar-refractivity contribution in [1.82, 2.24) is 4.98 Å². The highest BCUT2D eigenvalue weighted by atomic mass is 79.9. The fourth-order valence-electron chi connectivity index (χ4n) is 1.71. The molecular weight excluding hydrogens is 268 g/mol. The number of carbonyl (C=O) groups is 1. The van der Waals surface area contributed by atoms with E-state index in [0.717, 1.165) is 23.7 Å². The number of hydrogen-bond donors (Lipinski definition) is 1. The monoisotopic (exact) mass is 280 g/mol. The number of pyridine rings is 1. The SMILES string of the molecule is O=C(Nc1ccc(Br)cn1)[C@@H]1CC=CCC1. The van der Waals surface area contributed by atoms with Gasteiger partial charge in [0, 0.05) is 16.6 Å². The normalized spacial score (nSPS) is 19.4. The fraction of sp³-hybridized carbons (Fsp3) is 0.333. The summed E-state index contributed by atoms with van der Waals surface area (Å²) in [6, 6.07) is 3.66. The van der Waals surface area contributed by atoms with E-state index in [1.165, 1.54) is 0 Å². The van der Waals surface area contributed by atoms with Gasteiger partial charge in [-0.25, -0.2) is 4.98 Å². The molecule has 4 heteroatoms. The number of anilines is 1. The van der Waals surface area contributed by atoms with E-state index in [-0.39, 0.29) is 11.8 Å². The van der Waals surface area contributed by atoms with Gasteiger partial charge in [0.1, 0.15) is 5.82 Å². The Balaban J connectivity index is 1.96. The van der Waals surface area contributed by atoms with Crippen molar-refractivity contribution in [2.24, 2.45) is 5.92 Å². The summed E-state index contributed by atoms with van der Waals surface area (Å²) in [6.45, 7) is 0. The summed E-state index contributed by atoms with van der Waals surface area (Å²) in [5.41, 5.74) is 0. The number of halogens is 1. The first kappa shape index (κ1) is 11.3. The minimum atomic E-state index is 0.0687. The molecule has 0 spiro atoms. The lowest BCUT2D eigenvalue weighted by atomic mass is 9.94. The molecule has 1 heterocycles. The van der Waals surface area contributed by atoms with Crippen LogP contribution in [0.15, 0.2) is 35.0 Å². The van der Waals surface area contributed by atoms with E-state index in [1.807, 2.05) is 6.07 Å². The second kappa shape index (κ2) is 5.25. The lowest BCUT2D eigenvalue weighted by molar-refractivity contribution is -0.120. The Kier molecular flexibility index (Phi) is 3.72. The van der Waals surface area contributed by atoms with Crippen LogP contribution in [0.25, 0.3) is 0 Å². The van der Waals surface area contributed by atoms with E-state index in [9.17, 15) is 4.79 Å². The average Bonchev–Trinajstić information content (AvgIpc) is 2.33. The van der Waals surface area contributed by atoms with Crippen molar-refractivity contribution in [3.05, 3.63) is 35.0 Å². The Morgan fingerprint density at radius 3 is 2.94 bits per heavy atom. The number of nitrogens with zero attached hydrogens (tertiary/aromatic N) is 1. The minimum Gasteiger partial charge on any atom is -0.310 e. The summed E-state index contributed by atoms with van der Waals surface area (Å²) in [7, 11) is 0. The summed E-state index contributed by atoms with van der Waals surface area (Å²) in [5, 5.41) is 2.83. The fourth-order valence-corrected chi connectivity index (χ4v) is 1.94. The molecule has 1 atom stereocenters. The Hall–Kier alpha value is -1.16. The molecule has 0 saturated heterocycles. The summed E-state index contributed by atoms with van der Waals surface area (Å²) >= 11 is 3.30. The smallest absolute Gasteiger partial charge is 0.228 e. The van der Waals surface area contributed by atoms with Crippen LogP contribution in [-0.4, -0.2) is 10.9 Å². The van der Waals surface area contributed by atoms with E-state index < -0.39 is 0 Å². The third kappa shape index (κ3) is 2.92. The zero-order chi connectivity index (χ0) is 11.4. The highest BCUT2D eigenvalue weighted by Crippen LogP contribution is 2.20. The Bertz CT molecular complexity index is 400. The van der Waals surface area contributed by atoms with Crippen molar-refractivity contribution in [3.8, 4) is 0 Å². The molecule has 0 bridgehead atoms. The average molecular weight is 281 g/mol. The molecule has 0 aromatic carbocycles. The van der Waals surface area contributed by atoms with Gasteiger partial charge in [-0.1, -0.05) is 12.2 Å². The first-order chi connectivity index (χ1) is 7.75. The molecule has 3 nitrogen and oxygen atoms in total. The molecule has 0 saturated carbocycles. The van der Waals surface area contributed by atoms with E-state index >= 15 is 0 Å². The van der Waals surface area contributed by atoms with Crippen molar-refractivity contribution in [2.45, 2.75) is 19.3 Å². The minimum absolute atomic E-state index is 0.0687. The van der Waals surface area contributed by atoms with Crippen LogP contribution < -0.4 is 5.32 Å². The van der Waals surface area contributed by atoms with Crippen molar-refractivity contribution in [3.63, 3.8) is 0 Å². The van der Waals surface area contributed by atoms with Gasteiger partial charge in [0.15, 0.2) is 0 Å². The van der Waals surface area contributed by atoms with Crippen molar-refractivity contribution >= 4 is 27.7 Å². The van der Waals surface area contributed by atoms with Crippen molar-refractivity contribution < 1.29 is 4.79 Å². The number of aromatic nitrogens is 1. The summed E-state index contributed by atoms with van der Waals surface area (Å²) < 4.78 is 0.908. The number of hydrogen-bond acceptors (Lipinski definition) is 2. The molecule has 0 aliphatic heterocycles. The highest BCUT2D eigenvalue weighted by Gasteiger charge is 2.18. The lowest BCUT2D eigenvalue weighted by Crippen LogP contribution is -2.23. The Morgan fingerprint density at radius 2 is 2.31 bits per heavy atom. The summed E-state index contributed by atoms with van der Waals surface area (Å²) in [6.07, 6.45) is 8.63. The van der Waals surface area contributed by atoms with Gasteiger partial charge in [0.25, 0.3) is 0 Å². The molecule has 1 amide bonds. The van der Waals surface area contributed by atoms with E-state index in [2.05, 4.69) is 38.4 Å². The molecule has 0 unspecified atom stereocenters. The van der Waals surface area contributed by atoms with Crippen LogP contribution in [0.2, 0.25) is 0 Å². The van der Waals surface area contributed by atoms with Gasteiger partial charge in [-0.2, -0.15) is 0 Å². The van der Waals surface area contributed by atoms with Crippen LogP contribution >= 0.6 is 15.9 Å². The third-order valence-electron chi connectivity index (χ3n) is 2.62. The predicted octanol–water partition coefficient (Wildman–Crippen LogP) is 3.14. The number of nitrogens with one attached hydrogen (secondary N) is 1. The lowest BCUT2D eigenvalue weighted by Gasteiger charge is -2.16. The van der Waals surface area contributed by atoms with Gasteiger partial charge in [-0.05, 0) is 47.3 Å². The number of carbonyl (C=O) groups excluding carboxylic acids is 1. The summed E-state index contributed by atoms with van der Waals surface area (Å²) in [5.74, 6) is 0.775. The van der Waals surface area contributed by atoms with E-state index in [0.29, 0.717) is 5.82 Å². The molecular formula is C12H13BrN2O. The second-order valence-corrected chi connectivity index (χ2v) is 4.75. The Labute approximate surface area is 103 Å². The van der Waals surface area contributed by atoms with Gasteiger partial charge < -0.3 is 5.32 Å². The Morgan fingerprint density at radius 1 is 1.44 bits per heavy atom. The topological polar surface area (TPSA) is 42.0 Å². The molecule has 0 fully saturated rings. The van der Waals surface area contributed by atoms with Crippen LogP contribution in [0.4, 0.5) is 5.82 Å². The van der Waals surface area contributed by atoms with Crippen LogP contribution in [0.5, 0.6) is 0 Å². The van der Waals surface area contributed by atoms with Gasteiger partial charge in [-0.3, -0.25) is 4.79 Å². The first-order valence-electron chi connectivity index (χ1n) is 5.33.